The van der Waals surface area contributed by atoms with Crippen LogP contribution in [-0.2, 0) is 21.3 Å². The quantitative estimate of drug-likeness (QED) is 0.206. The van der Waals surface area contributed by atoms with E-state index in [2.05, 4.69) is 25.0 Å². The number of rotatable bonds is 13. The van der Waals surface area contributed by atoms with E-state index in [0.29, 0.717) is 23.9 Å². The minimum atomic E-state index is -4.20. The SMILES string of the molecule is COc1ccccc1Oc1c(NS(=O)(=O)c2ccc(C(C)C)cn2)nc(NCc2ccco2)nc1OCC1CCCO1. The van der Waals surface area contributed by atoms with E-state index in [9.17, 15) is 8.42 Å². The number of sulfonamides is 1. The molecule has 0 radical (unpaired) electrons. The summed E-state index contributed by atoms with van der Waals surface area (Å²) in [5.41, 5.74) is 0.908. The first-order chi connectivity index (χ1) is 20.3. The van der Waals surface area contributed by atoms with Gasteiger partial charge in [-0.15, -0.1) is 0 Å². The summed E-state index contributed by atoms with van der Waals surface area (Å²) in [6.45, 7) is 5.07. The number of benzene rings is 1. The summed E-state index contributed by atoms with van der Waals surface area (Å²) in [5.74, 6) is 1.43. The van der Waals surface area contributed by atoms with Gasteiger partial charge in [0, 0.05) is 12.8 Å². The number of pyridine rings is 1. The normalized spacial score (nSPS) is 15.0. The van der Waals surface area contributed by atoms with Gasteiger partial charge in [-0.05, 0) is 54.7 Å². The average molecular weight is 596 g/mol. The van der Waals surface area contributed by atoms with Crippen LogP contribution in [0, 0.1) is 0 Å². The standard InChI is InChI=1S/C29H33N5O7S/c1-19(2)20-12-13-25(30-16-20)42(35,36)34-27-26(41-24-11-5-4-10-23(24)37-3)28(40-18-22-9-7-15-39-22)33-29(32-27)31-17-21-8-6-14-38-21/h4-6,8,10-14,16,19,22H,7,9,15,17-18H2,1-3H3,(H2,31,32,33,34). The molecule has 1 fully saturated rings. The number of furan rings is 1. The van der Waals surface area contributed by atoms with E-state index in [1.54, 1.807) is 48.7 Å². The maximum absolute atomic E-state index is 13.5. The summed E-state index contributed by atoms with van der Waals surface area (Å²) >= 11 is 0. The zero-order valence-electron chi connectivity index (χ0n) is 23.6. The van der Waals surface area contributed by atoms with E-state index in [1.165, 1.54) is 19.4 Å². The van der Waals surface area contributed by atoms with Gasteiger partial charge < -0.3 is 28.7 Å². The monoisotopic (exact) mass is 595 g/mol. The Hall–Kier alpha value is -4.36. The van der Waals surface area contributed by atoms with Gasteiger partial charge in [0.1, 0.15) is 12.4 Å². The summed E-state index contributed by atoms with van der Waals surface area (Å²) in [6.07, 6.45) is 4.70. The van der Waals surface area contributed by atoms with E-state index in [1.807, 2.05) is 13.8 Å². The third-order valence-corrected chi connectivity index (χ3v) is 7.73. The minimum absolute atomic E-state index is 0.00849. The highest BCUT2D eigenvalue weighted by atomic mass is 32.2. The molecular weight excluding hydrogens is 562 g/mol. The molecule has 4 aromatic rings. The van der Waals surface area contributed by atoms with Crippen LogP contribution in [0.25, 0.3) is 0 Å². The van der Waals surface area contributed by atoms with Gasteiger partial charge >= 0.3 is 0 Å². The molecular formula is C29H33N5O7S. The van der Waals surface area contributed by atoms with Crippen molar-refractivity contribution >= 4 is 21.8 Å². The number of methoxy groups -OCH3 is 1. The largest absolute Gasteiger partial charge is 0.493 e. The van der Waals surface area contributed by atoms with Gasteiger partial charge in [-0.2, -0.15) is 18.4 Å². The number of aromatic nitrogens is 3. The molecule has 1 atom stereocenters. The van der Waals surface area contributed by atoms with E-state index in [4.69, 9.17) is 23.4 Å². The highest BCUT2D eigenvalue weighted by Gasteiger charge is 2.27. The van der Waals surface area contributed by atoms with Crippen molar-refractivity contribution in [3.05, 3.63) is 72.3 Å². The van der Waals surface area contributed by atoms with Gasteiger partial charge in [0.05, 0.1) is 26.0 Å². The molecule has 1 aliphatic rings. The molecule has 1 saturated heterocycles. The summed E-state index contributed by atoms with van der Waals surface area (Å²) in [7, 11) is -2.69. The lowest BCUT2D eigenvalue weighted by atomic mass is 10.1. The molecule has 2 N–H and O–H groups in total. The van der Waals surface area contributed by atoms with Crippen LogP contribution in [0.15, 0.2) is 70.4 Å². The number of anilines is 2. The Labute approximate surface area is 244 Å². The van der Waals surface area contributed by atoms with Gasteiger partial charge in [-0.25, -0.2) is 4.98 Å². The maximum Gasteiger partial charge on any atom is 0.280 e. The van der Waals surface area contributed by atoms with Crippen molar-refractivity contribution in [2.45, 2.75) is 50.3 Å². The van der Waals surface area contributed by atoms with Crippen LogP contribution in [0.3, 0.4) is 0 Å². The predicted octanol–water partition coefficient (Wildman–Crippen LogP) is 5.36. The molecule has 1 aromatic carbocycles. The Bertz CT molecular complexity index is 1570. The van der Waals surface area contributed by atoms with Crippen molar-refractivity contribution in [2.24, 2.45) is 0 Å². The van der Waals surface area contributed by atoms with Crippen LogP contribution in [0.1, 0.15) is 43.9 Å². The van der Waals surface area contributed by atoms with Crippen molar-refractivity contribution in [3.8, 4) is 23.1 Å². The Kier molecular flexibility index (Phi) is 9.08. The smallest absolute Gasteiger partial charge is 0.280 e. The third kappa shape index (κ3) is 7.09. The molecule has 5 rings (SSSR count). The van der Waals surface area contributed by atoms with Crippen LogP contribution >= 0.6 is 0 Å². The van der Waals surface area contributed by atoms with Crippen LogP contribution in [0.4, 0.5) is 11.8 Å². The number of hydrogen-bond donors (Lipinski definition) is 2. The topological polar surface area (TPSA) is 147 Å². The summed E-state index contributed by atoms with van der Waals surface area (Å²) < 4.78 is 58.5. The van der Waals surface area contributed by atoms with Gasteiger partial charge in [0.15, 0.2) is 22.3 Å². The zero-order valence-corrected chi connectivity index (χ0v) is 24.4. The van der Waals surface area contributed by atoms with Gasteiger partial charge in [0.25, 0.3) is 15.9 Å². The Morgan fingerprint density at radius 2 is 1.90 bits per heavy atom. The second-order valence-corrected chi connectivity index (χ2v) is 11.5. The maximum atomic E-state index is 13.5. The first-order valence-electron chi connectivity index (χ1n) is 13.5. The van der Waals surface area contributed by atoms with Crippen molar-refractivity contribution in [1.82, 2.24) is 15.0 Å². The molecule has 0 spiro atoms. The Morgan fingerprint density at radius 1 is 1.07 bits per heavy atom. The molecule has 3 aromatic heterocycles. The number of ether oxygens (including phenoxy) is 4. The fraction of sp³-hybridized carbons (Fsp3) is 0.345. The van der Waals surface area contributed by atoms with Crippen LogP contribution in [-0.4, -0.2) is 49.8 Å². The molecule has 0 amide bonds. The summed E-state index contributed by atoms with van der Waals surface area (Å²) in [4.78, 5) is 13.2. The molecule has 0 aliphatic carbocycles. The molecule has 0 bridgehead atoms. The molecule has 1 aliphatic heterocycles. The minimum Gasteiger partial charge on any atom is -0.493 e. The van der Waals surface area contributed by atoms with Crippen molar-refractivity contribution in [2.75, 3.05) is 30.4 Å². The number of nitrogens with one attached hydrogen (secondary N) is 2. The van der Waals surface area contributed by atoms with Crippen LogP contribution < -0.4 is 24.2 Å². The second-order valence-electron chi connectivity index (χ2n) is 9.85. The Balaban J connectivity index is 1.55. The summed E-state index contributed by atoms with van der Waals surface area (Å²) in [6, 6.07) is 13.7. The second kappa shape index (κ2) is 13.1. The lowest BCUT2D eigenvalue weighted by molar-refractivity contribution is 0.0654. The van der Waals surface area contributed by atoms with Gasteiger partial charge in [-0.3, -0.25) is 4.72 Å². The highest BCUT2D eigenvalue weighted by Crippen LogP contribution is 2.41. The van der Waals surface area contributed by atoms with Gasteiger partial charge in [0.2, 0.25) is 11.7 Å². The number of nitrogens with zero attached hydrogens (tertiary/aromatic N) is 3. The van der Waals surface area contributed by atoms with E-state index < -0.39 is 10.0 Å². The van der Waals surface area contributed by atoms with E-state index in [0.717, 1.165) is 18.4 Å². The molecule has 13 heteroatoms. The van der Waals surface area contributed by atoms with E-state index in [-0.39, 0.29) is 53.6 Å². The van der Waals surface area contributed by atoms with Crippen molar-refractivity contribution in [3.63, 3.8) is 0 Å². The van der Waals surface area contributed by atoms with Crippen molar-refractivity contribution < 1.29 is 31.8 Å². The highest BCUT2D eigenvalue weighted by molar-refractivity contribution is 7.92. The third-order valence-electron chi connectivity index (χ3n) is 6.48. The lowest BCUT2D eigenvalue weighted by Gasteiger charge is -2.19. The zero-order chi connectivity index (χ0) is 29.5. The summed E-state index contributed by atoms with van der Waals surface area (Å²) in [5, 5.41) is 2.88. The molecule has 0 saturated carbocycles. The predicted molar refractivity (Wildman–Crippen MR) is 155 cm³/mol. The van der Waals surface area contributed by atoms with Gasteiger partial charge in [-0.1, -0.05) is 32.0 Å². The molecule has 12 nitrogen and oxygen atoms in total. The molecule has 222 valence electrons. The molecule has 1 unspecified atom stereocenters. The van der Waals surface area contributed by atoms with Crippen molar-refractivity contribution in [1.29, 1.82) is 0 Å². The lowest BCUT2D eigenvalue weighted by Crippen LogP contribution is -2.20. The fourth-order valence-corrected chi connectivity index (χ4v) is 5.12. The molecule has 42 heavy (non-hydrogen) atoms. The average Bonchev–Trinajstić information content (AvgIpc) is 3.71. The Morgan fingerprint density at radius 3 is 2.57 bits per heavy atom. The molecule has 4 heterocycles. The number of hydrogen-bond acceptors (Lipinski definition) is 11. The fourth-order valence-electron chi connectivity index (χ4n) is 4.18. The first kappa shape index (κ1) is 29.1. The number of para-hydroxylation sites is 2. The first-order valence-corrected chi connectivity index (χ1v) is 15.0. The van der Waals surface area contributed by atoms with E-state index >= 15 is 0 Å². The van der Waals surface area contributed by atoms with Crippen LogP contribution in [0.5, 0.6) is 23.1 Å². The van der Waals surface area contributed by atoms with Crippen LogP contribution in [0.2, 0.25) is 0 Å².